The molecule has 0 aromatic carbocycles. The highest BCUT2D eigenvalue weighted by atomic mass is 16.7. The van der Waals surface area contributed by atoms with Crippen molar-refractivity contribution in [3.8, 4) is 0 Å². The van der Waals surface area contributed by atoms with Gasteiger partial charge in [0.05, 0.1) is 16.8 Å². The van der Waals surface area contributed by atoms with E-state index in [0.717, 1.165) is 5.59 Å². The summed E-state index contributed by atoms with van der Waals surface area (Å²) in [6.07, 6.45) is 1.63. The lowest BCUT2D eigenvalue weighted by molar-refractivity contribution is 0.00578. The first kappa shape index (κ1) is 10.6. The smallest absolute Gasteiger partial charge is 0.398 e. The molecule has 0 saturated carbocycles. The summed E-state index contributed by atoms with van der Waals surface area (Å²) >= 11 is 0. The predicted octanol–water partition coefficient (Wildman–Crippen LogP) is 0.776. The molecule has 1 fully saturated rings. The summed E-state index contributed by atoms with van der Waals surface area (Å²) in [5.74, 6) is 0. The Morgan fingerprint density at radius 3 is 2.20 bits per heavy atom. The average Bonchev–Trinajstić information content (AvgIpc) is 2.38. The van der Waals surface area contributed by atoms with Gasteiger partial charge in [-0.15, -0.1) is 0 Å². The molecule has 2 rings (SSSR count). The van der Waals surface area contributed by atoms with Gasteiger partial charge in [0.15, 0.2) is 0 Å². The molecular weight excluding hydrogens is 191 g/mol. The molecule has 0 aliphatic carbocycles. The Hall–Kier alpha value is -0.935. The molecule has 80 valence electrons. The first-order valence-corrected chi connectivity index (χ1v) is 5.06. The molecule has 0 amide bonds. The van der Waals surface area contributed by atoms with E-state index in [1.165, 1.54) is 0 Å². The van der Waals surface area contributed by atoms with Crippen LogP contribution in [0.3, 0.4) is 0 Å². The number of aromatic nitrogens is 2. The predicted molar refractivity (Wildman–Crippen MR) is 57.7 cm³/mol. The van der Waals surface area contributed by atoms with Gasteiger partial charge in [0.1, 0.15) is 0 Å². The molecule has 1 aliphatic heterocycles. The fourth-order valence-electron chi connectivity index (χ4n) is 1.40. The summed E-state index contributed by atoms with van der Waals surface area (Å²) in [5.41, 5.74) is 0.0702. The van der Waals surface area contributed by atoms with E-state index in [2.05, 4.69) is 10.2 Å². The highest BCUT2D eigenvalue weighted by Crippen LogP contribution is 2.36. The molecular formula is C10H15BN2O2. The third-order valence-electron chi connectivity index (χ3n) is 3.09. The van der Waals surface area contributed by atoms with E-state index in [1.807, 2.05) is 39.8 Å². The van der Waals surface area contributed by atoms with E-state index in [1.54, 1.807) is 6.20 Å². The second-order valence-electron chi connectivity index (χ2n) is 4.74. The molecule has 0 atom stereocenters. The zero-order valence-electron chi connectivity index (χ0n) is 9.52. The van der Waals surface area contributed by atoms with Crippen LogP contribution in [0.2, 0.25) is 0 Å². The standard InChI is InChI=1S/C10H15BN2O2/c1-9(2)10(3,4)15-11(14-9)8-6-5-7-12-13-8/h5-7H,1-4H3. The minimum atomic E-state index is -0.413. The first-order valence-electron chi connectivity index (χ1n) is 5.06. The quantitative estimate of drug-likeness (QED) is 0.636. The fraction of sp³-hybridized carbons (Fsp3) is 0.600. The maximum atomic E-state index is 5.83. The molecule has 4 nitrogen and oxygen atoms in total. The van der Waals surface area contributed by atoms with Crippen LogP contribution in [0.5, 0.6) is 0 Å². The van der Waals surface area contributed by atoms with Crippen LogP contribution in [0.25, 0.3) is 0 Å². The van der Waals surface area contributed by atoms with Crippen LogP contribution in [0.15, 0.2) is 18.3 Å². The largest absolute Gasteiger partial charge is 0.516 e. The molecule has 0 N–H and O–H groups in total. The average molecular weight is 206 g/mol. The summed E-state index contributed by atoms with van der Waals surface area (Å²) in [6, 6.07) is 3.68. The molecule has 0 radical (unpaired) electrons. The number of rotatable bonds is 1. The second kappa shape index (κ2) is 3.28. The summed E-state index contributed by atoms with van der Waals surface area (Å²) in [7, 11) is -0.413. The van der Waals surface area contributed by atoms with Crippen LogP contribution < -0.4 is 5.59 Å². The Morgan fingerprint density at radius 1 is 1.13 bits per heavy atom. The van der Waals surface area contributed by atoms with E-state index < -0.39 is 7.12 Å². The van der Waals surface area contributed by atoms with Gasteiger partial charge in [-0.05, 0) is 39.8 Å². The molecule has 1 aliphatic rings. The van der Waals surface area contributed by atoms with Gasteiger partial charge < -0.3 is 9.31 Å². The first-order chi connectivity index (χ1) is 6.92. The van der Waals surface area contributed by atoms with Gasteiger partial charge in [-0.25, -0.2) is 0 Å². The van der Waals surface area contributed by atoms with Crippen molar-refractivity contribution in [2.45, 2.75) is 38.9 Å². The molecule has 1 saturated heterocycles. The Balaban J connectivity index is 2.24. The molecule has 15 heavy (non-hydrogen) atoms. The van der Waals surface area contributed by atoms with Crippen molar-refractivity contribution < 1.29 is 9.31 Å². The van der Waals surface area contributed by atoms with Crippen molar-refractivity contribution in [2.24, 2.45) is 0 Å². The Morgan fingerprint density at radius 2 is 1.73 bits per heavy atom. The van der Waals surface area contributed by atoms with Crippen molar-refractivity contribution in [3.05, 3.63) is 18.3 Å². The zero-order valence-corrected chi connectivity index (χ0v) is 9.52. The molecule has 5 heteroatoms. The number of hydrogen-bond donors (Lipinski definition) is 0. The minimum Gasteiger partial charge on any atom is -0.398 e. The van der Waals surface area contributed by atoms with E-state index >= 15 is 0 Å². The van der Waals surface area contributed by atoms with Gasteiger partial charge in [0.25, 0.3) is 0 Å². The SMILES string of the molecule is CC1(C)OB(c2cccnn2)OC1(C)C. The summed E-state index contributed by atoms with van der Waals surface area (Å²) < 4.78 is 11.7. The van der Waals surface area contributed by atoms with Crippen LogP contribution in [0.1, 0.15) is 27.7 Å². The lowest BCUT2D eigenvalue weighted by Crippen LogP contribution is -2.41. The van der Waals surface area contributed by atoms with E-state index in [-0.39, 0.29) is 11.2 Å². The number of nitrogens with zero attached hydrogens (tertiary/aromatic N) is 2. The monoisotopic (exact) mass is 206 g/mol. The van der Waals surface area contributed by atoms with Gasteiger partial charge in [0, 0.05) is 6.20 Å². The minimum absolute atomic E-state index is 0.324. The molecule has 2 heterocycles. The van der Waals surface area contributed by atoms with Crippen molar-refractivity contribution in [3.63, 3.8) is 0 Å². The van der Waals surface area contributed by atoms with Crippen LogP contribution in [0.4, 0.5) is 0 Å². The molecule has 1 aromatic heterocycles. The highest BCUT2D eigenvalue weighted by Gasteiger charge is 2.52. The van der Waals surface area contributed by atoms with E-state index in [9.17, 15) is 0 Å². The van der Waals surface area contributed by atoms with Gasteiger partial charge >= 0.3 is 7.12 Å². The maximum absolute atomic E-state index is 5.83. The third kappa shape index (κ3) is 1.77. The molecule has 0 spiro atoms. The second-order valence-corrected chi connectivity index (χ2v) is 4.74. The Kier molecular flexibility index (Phi) is 2.32. The van der Waals surface area contributed by atoms with Gasteiger partial charge in [-0.2, -0.15) is 10.2 Å². The summed E-state index contributed by atoms with van der Waals surface area (Å²) in [6.45, 7) is 8.07. The van der Waals surface area contributed by atoms with E-state index in [4.69, 9.17) is 9.31 Å². The normalized spacial score (nSPS) is 23.1. The lowest BCUT2D eigenvalue weighted by Gasteiger charge is -2.32. The van der Waals surface area contributed by atoms with Gasteiger partial charge in [-0.1, -0.05) is 0 Å². The Labute approximate surface area is 90.1 Å². The number of hydrogen-bond acceptors (Lipinski definition) is 4. The van der Waals surface area contributed by atoms with Crippen molar-refractivity contribution in [2.75, 3.05) is 0 Å². The lowest BCUT2D eigenvalue weighted by atomic mass is 9.85. The van der Waals surface area contributed by atoms with Crippen molar-refractivity contribution in [1.82, 2.24) is 10.2 Å². The van der Waals surface area contributed by atoms with Gasteiger partial charge in [0.2, 0.25) is 0 Å². The van der Waals surface area contributed by atoms with Crippen LogP contribution in [0, 0.1) is 0 Å². The summed E-state index contributed by atoms with van der Waals surface area (Å²) in [5, 5.41) is 7.81. The van der Waals surface area contributed by atoms with Crippen LogP contribution in [-0.2, 0) is 9.31 Å². The molecule has 0 unspecified atom stereocenters. The zero-order chi connectivity index (χ0) is 11.1. The third-order valence-corrected chi connectivity index (χ3v) is 3.09. The van der Waals surface area contributed by atoms with Crippen molar-refractivity contribution >= 4 is 12.7 Å². The van der Waals surface area contributed by atoms with Crippen LogP contribution in [-0.4, -0.2) is 28.5 Å². The molecule has 0 bridgehead atoms. The van der Waals surface area contributed by atoms with Gasteiger partial charge in [-0.3, -0.25) is 0 Å². The Bertz CT molecular complexity index is 338. The topological polar surface area (TPSA) is 44.2 Å². The maximum Gasteiger partial charge on any atom is 0.516 e. The van der Waals surface area contributed by atoms with Crippen molar-refractivity contribution in [1.29, 1.82) is 0 Å². The molecule has 1 aromatic rings. The fourth-order valence-corrected chi connectivity index (χ4v) is 1.40. The summed E-state index contributed by atoms with van der Waals surface area (Å²) in [4.78, 5) is 0. The van der Waals surface area contributed by atoms with E-state index in [0.29, 0.717) is 0 Å². The van der Waals surface area contributed by atoms with Crippen LogP contribution >= 0.6 is 0 Å². The highest BCUT2D eigenvalue weighted by molar-refractivity contribution is 6.61.